The first-order valence-corrected chi connectivity index (χ1v) is 24.9. The van der Waals surface area contributed by atoms with E-state index >= 15 is 0 Å². The minimum Gasteiger partial charge on any atom is -0.254 e. The molecule has 0 aliphatic heterocycles. The number of nitrogens with zero attached hydrogens (tertiary/aromatic N) is 2. The van der Waals surface area contributed by atoms with Gasteiger partial charge >= 0.3 is 74.9 Å². The van der Waals surface area contributed by atoms with E-state index in [0.717, 1.165) is 21.8 Å². The van der Waals surface area contributed by atoms with E-state index in [1.807, 2.05) is 12.1 Å². The van der Waals surface area contributed by atoms with Crippen molar-refractivity contribution >= 4 is 61.1 Å². The molecule has 2 aromatic heterocycles. The van der Waals surface area contributed by atoms with Crippen LogP contribution in [0.25, 0.3) is 21.8 Å². The molecule has 0 amide bonds. The van der Waals surface area contributed by atoms with Crippen molar-refractivity contribution in [1.82, 2.24) is 9.97 Å². The number of aromatic nitrogens is 2. The topological polar surface area (TPSA) is 25.8 Å². The molecule has 23 heavy (non-hydrogen) atoms. The summed E-state index contributed by atoms with van der Waals surface area (Å²) in [7, 11) is 0. The van der Waals surface area contributed by atoms with E-state index in [-0.39, 0.29) is 0 Å². The Labute approximate surface area is 154 Å². The molecule has 0 aliphatic carbocycles. The fourth-order valence-electron chi connectivity index (χ4n) is 2.54. The Kier molecular flexibility index (Phi) is 7.76. The molecule has 122 valence electrons. The molecule has 1 aromatic carbocycles. The molecule has 0 radical (unpaired) electrons. The van der Waals surface area contributed by atoms with Crippen molar-refractivity contribution in [3.8, 4) is 0 Å². The van der Waals surface area contributed by atoms with Gasteiger partial charge in [0.05, 0.1) is 11.0 Å². The molecular weight excluding hydrogens is 523 g/mol. The van der Waals surface area contributed by atoms with Gasteiger partial charge in [-0.2, -0.15) is 0 Å². The molecule has 0 spiro atoms. The first-order valence-electron chi connectivity index (χ1n) is 8.03. The third kappa shape index (κ3) is 5.68. The first-order chi connectivity index (χ1) is 11.1. The van der Waals surface area contributed by atoms with E-state index in [1.54, 1.807) is 12.4 Å². The van der Waals surface area contributed by atoms with Gasteiger partial charge in [-0.05, 0) is 12.1 Å². The molecule has 2 heterocycles. The summed E-state index contributed by atoms with van der Waals surface area (Å²) >= 11 is 5.91. The number of fused-ring (bicyclic) bond motifs is 3. The average Bonchev–Trinajstić information content (AvgIpc) is 2.55. The van der Waals surface area contributed by atoms with Gasteiger partial charge in [0.1, 0.15) is 0 Å². The van der Waals surface area contributed by atoms with Gasteiger partial charge in [-0.15, -0.1) is 0 Å². The smallest absolute Gasteiger partial charge is 0.0964 e. The zero-order valence-electron chi connectivity index (χ0n) is 13.6. The first kappa shape index (κ1) is 19.1. The van der Waals surface area contributed by atoms with Crippen molar-refractivity contribution in [2.75, 3.05) is 0 Å². The fourth-order valence-corrected chi connectivity index (χ4v) is 18.1. The Morgan fingerprint density at radius 1 is 0.783 bits per heavy atom. The van der Waals surface area contributed by atoms with Crippen LogP contribution in [0.15, 0.2) is 48.8 Å². The minimum atomic E-state index is -1.75. The van der Waals surface area contributed by atoms with Crippen LogP contribution in [0.4, 0.5) is 0 Å². The summed E-state index contributed by atoms with van der Waals surface area (Å²) in [5.74, 6) is 0. The predicted molar refractivity (Wildman–Crippen MR) is 111 cm³/mol. The number of rotatable bonds is 4. The van der Waals surface area contributed by atoms with Gasteiger partial charge in [0.2, 0.25) is 0 Å². The van der Waals surface area contributed by atoms with Crippen LogP contribution in [0.2, 0.25) is 8.87 Å². The average molecular weight is 545 g/mol. The van der Waals surface area contributed by atoms with Gasteiger partial charge in [-0.3, -0.25) is 9.97 Å². The van der Waals surface area contributed by atoms with Crippen LogP contribution in [0.3, 0.4) is 0 Å². The van der Waals surface area contributed by atoms with Gasteiger partial charge in [-0.25, -0.2) is 0 Å². The molecule has 5 heteroatoms. The summed E-state index contributed by atoms with van der Waals surface area (Å²) in [5, 5.41) is 2.28. The normalized spacial score (nSPS) is 11.3. The van der Waals surface area contributed by atoms with Crippen molar-refractivity contribution in [1.29, 1.82) is 0 Å². The molecule has 0 fully saturated rings. The minimum absolute atomic E-state index is 0.977. The summed E-state index contributed by atoms with van der Waals surface area (Å²) in [6, 6.07) is 12.1. The second-order valence-electron chi connectivity index (χ2n) is 5.57. The SMILES string of the molecule is CC[CH2][Sn]([Br])([Br])[CH2]CC.c1cnc2c(c1)ccc1cccnc12. The quantitative estimate of drug-likeness (QED) is 0.266. The summed E-state index contributed by atoms with van der Waals surface area (Å²) < 4.78 is 2.84. The van der Waals surface area contributed by atoms with Crippen molar-refractivity contribution < 1.29 is 0 Å². The molecule has 0 saturated carbocycles. The maximum Gasteiger partial charge on any atom is 0.0964 e. The summed E-state index contributed by atoms with van der Waals surface area (Å²) in [6.07, 6.45) is 6.26. The van der Waals surface area contributed by atoms with Gasteiger partial charge in [0, 0.05) is 23.2 Å². The zero-order valence-corrected chi connectivity index (χ0v) is 19.6. The van der Waals surface area contributed by atoms with Gasteiger partial charge < -0.3 is 0 Å². The largest absolute Gasteiger partial charge is 0.254 e. The number of hydrogen-bond donors (Lipinski definition) is 0. The molecular formula is C18H22Br2N2Sn. The van der Waals surface area contributed by atoms with E-state index in [4.69, 9.17) is 0 Å². The van der Waals surface area contributed by atoms with Crippen LogP contribution in [-0.4, -0.2) is 23.9 Å². The van der Waals surface area contributed by atoms with Crippen LogP contribution < -0.4 is 0 Å². The standard InChI is InChI=1S/C12H8N2.2C3H7.2BrH.Sn/c1-3-9-5-6-10-4-2-8-14-12(10)11(9)13-7-1;2*1-3-2;;;/h1-8H;2*1,3H2,2H3;2*1H;/q;;;;;+2/p-2. The maximum atomic E-state index is 4.35. The van der Waals surface area contributed by atoms with Crippen molar-refractivity contribution in [3.05, 3.63) is 48.8 Å². The van der Waals surface area contributed by atoms with Gasteiger partial charge in [-0.1, -0.05) is 24.3 Å². The van der Waals surface area contributed by atoms with E-state index < -0.39 is 13.9 Å². The van der Waals surface area contributed by atoms with Crippen LogP contribution in [0, 0.1) is 0 Å². The summed E-state index contributed by atoms with van der Waals surface area (Å²) in [6.45, 7) is 4.51. The van der Waals surface area contributed by atoms with Crippen LogP contribution >= 0.6 is 25.4 Å². The Morgan fingerprint density at radius 2 is 1.22 bits per heavy atom. The molecule has 2 nitrogen and oxygen atoms in total. The second-order valence-corrected chi connectivity index (χ2v) is 40.8. The third-order valence-corrected chi connectivity index (χ3v) is 21.2. The Hall–Kier alpha value is -0.201. The van der Waals surface area contributed by atoms with Gasteiger partial charge in [0.25, 0.3) is 0 Å². The zero-order chi connectivity index (χ0) is 16.7. The molecule has 0 unspecified atom stereocenters. The monoisotopic (exact) mass is 544 g/mol. The number of benzene rings is 1. The molecule has 0 atom stereocenters. The Morgan fingerprint density at radius 3 is 1.61 bits per heavy atom. The predicted octanol–water partition coefficient (Wildman–Crippen LogP) is 6.82. The van der Waals surface area contributed by atoms with Crippen LogP contribution in [0.5, 0.6) is 0 Å². The van der Waals surface area contributed by atoms with Gasteiger partial charge in [0.15, 0.2) is 0 Å². The summed E-state index contributed by atoms with van der Waals surface area (Å²) in [5.41, 5.74) is 1.95. The summed E-state index contributed by atoms with van der Waals surface area (Å²) in [4.78, 5) is 8.69. The van der Waals surface area contributed by atoms with E-state index in [0.29, 0.717) is 0 Å². The van der Waals surface area contributed by atoms with Crippen LogP contribution in [0.1, 0.15) is 26.7 Å². The maximum absolute atomic E-state index is 4.35. The van der Waals surface area contributed by atoms with Crippen molar-refractivity contribution in [3.63, 3.8) is 0 Å². The van der Waals surface area contributed by atoms with E-state index in [1.165, 1.54) is 21.7 Å². The molecule has 0 saturated heterocycles. The van der Waals surface area contributed by atoms with E-state index in [2.05, 4.69) is 73.5 Å². The fraction of sp³-hybridized carbons (Fsp3) is 0.333. The molecule has 3 rings (SSSR count). The van der Waals surface area contributed by atoms with Crippen molar-refractivity contribution in [2.24, 2.45) is 0 Å². The second kappa shape index (κ2) is 9.33. The molecule has 0 bridgehead atoms. The Balaban J connectivity index is 0.000000188. The van der Waals surface area contributed by atoms with E-state index in [9.17, 15) is 0 Å². The molecule has 3 aromatic rings. The Bertz CT molecular complexity index is 699. The number of halogens is 2. The molecule has 0 N–H and O–H groups in total. The van der Waals surface area contributed by atoms with Crippen LogP contribution in [-0.2, 0) is 0 Å². The van der Waals surface area contributed by atoms with Crippen molar-refractivity contribution in [2.45, 2.75) is 35.6 Å². The number of hydrogen-bond acceptors (Lipinski definition) is 2. The third-order valence-electron chi connectivity index (χ3n) is 3.58. The number of pyridine rings is 2. The molecule has 0 aliphatic rings.